The van der Waals surface area contributed by atoms with Crippen molar-refractivity contribution in [2.75, 3.05) is 37.6 Å². The van der Waals surface area contributed by atoms with Crippen molar-refractivity contribution in [3.05, 3.63) is 59.1 Å². The van der Waals surface area contributed by atoms with E-state index in [0.29, 0.717) is 31.4 Å². The fourth-order valence-electron chi connectivity index (χ4n) is 6.37. The molecule has 2 heterocycles. The Hall–Kier alpha value is -3.08. The standard InChI is InChI=1S/C38H58N5O6P/c1-2-3-4-5-6-7-8-9-10-11-12-13-14-15-16-19-27-48-29-26-43(34-24-20-22-32-21-17-18-23-33(32)34)38-40-36-35(37(44)41-38)39-30-42(36)25-28-49-31-50(45,46)47/h17-18,20-24,30H,2-16,19,25-29,31H2,1H3,(H,40,41,44)(H2,45,46,47). The van der Waals surface area contributed by atoms with E-state index in [1.165, 1.54) is 103 Å². The van der Waals surface area contributed by atoms with E-state index in [0.717, 1.165) is 22.9 Å². The van der Waals surface area contributed by atoms with Crippen LogP contribution in [0.4, 0.5) is 11.6 Å². The minimum absolute atomic E-state index is 0.0284. The lowest BCUT2D eigenvalue weighted by Gasteiger charge is -2.25. The van der Waals surface area contributed by atoms with Crippen LogP contribution in [0.5, 0.6) is 0 Å². The van der Waals surface area contributed by atoms with Gasteiger partial charge in [-0.15, -0.1) is 0 Å². The molecule has 0 bridgehead atoms. The Balaban J connectivity index is 1.24. The molecule has 2 aromatic carbocycles. The highest BCUT2D eigenvalue weighted by atomic mass is 31.2. The lowest BCUT2D eigenvalue weighted by molar-refractivity contribution is 0.137. The fourth-order valence-corrected chi connectivity index (χ4v) is 6.74. The third-order valence-electron chi connectivity index (χ3n) is 9.11. The van der Waals surface area contributed by atoms with E-state index in [1.54, 1.807) is 4.57 Å². The van der Waals surface area contributed by atoms with Crippen molar-refractivity contribution < 1.29 is 23.8 Å². The van der Waals surface area contributed by atoms with Crippen molar-refractivity contribution in [2.45, 2.75) is 116 Å². The van der Waals surface area contributed by atoms with Gasteiger partial charge in [0.25, 0.3) is 5.56 Å². The van der Waals surface area contributed by atoms with Gasteiger partial charge >= 0.3 is 7.60 Å². The lowest BCUT2D eigenvalue weighted by atomic mass is 10.0. The van der Waals surface area contributed by atoms with Crippen LogP contribution in [0.15, 0.2) is 53.6 Å². The predicted molar refractivity (Wildman–Crippen MR) is 202 cm³/mol. The number of aromatic nitrogens is 4. The molecule has 0 aliphatic heterocycles. The summed E-state index contributed by atoms with van der Waals surface area (Å²) in [5.74, 6) is 0.364. The van der Waals surface area contributed by atoms with Crippen molar-refractivity contribution in [1.82, 2.24) is 19.5 Å². The fraction of sp³-hybridized carbons (Fsp3) is 0.605. The number of anilines is 2. The van der Waals surface area contributed by atoms with Gasteiger partial charge in [0.05, 0.1) is 25.2 Å². The monoisotopic (exact) mass is 711 g/mol. The molecule has 0 amide bonds. The first kappa shape index (κ1) is 39.7. The number of unbranched alkanes of at least 4 members (excludes halogenated alkanes) is 15. The summed E-state index contributed by atoms with van der Waals surface area (Å²) in [4.78, 5) is 45.3. The molecule has 2 aromatic heterocycles. The van der Waals surface area contributed by atoms with Gasteiger partial charge in [-0.3, -0.25) is 14.3 Å². The molecule has 12 heteroatoms. The molecule has 3 N–H and O–H groups in total. The number of H-pyrrole nitrogens is 1. The number of ether oxygens (including phenoxy) is 2. The molecule has 0 radical (unpaired) electrons. The van der Waals surface area contributed by atoms with E-state index in [1.807, 2.05) is 35.2 Å². The number of fused-ring (bicyclic) bond motifs is 2. The normalized spacial score (nSPS) is 12.0. The maximum Gasteiger partial charge on any atom is 0.350 e. The maximum absolute atomic E-state index is 13.2. The summed E-state index contributed by atoms with van der Waals surface area (Å²) in [5.41, 5.74) is 1.07. The average molecular weight is 712 g/mol. The number of hydrogen-bond acceptors (Lipinski definition) is 7. The summed E-state index contributed by atoms with van der Waals surface area (Å²) in [5, 5.41) is 2.09. The Kier molecular flexibility index (Phi) is 17.5. The maximum atomic E-state index is 13.2. The number of hydrogen-bond donors (Lipinski definition) is 3. The summed E-state index contributed by atoms with van der Waals surface area (Å²) in [7, 11) is -4.27. The van der Waals surface area contributed by atoms with Crippen LogP contribution in [0, 0.1) is 0 Å². The van der Waals surface area contributed by atoms with Crippen LogP contribution in [0.2, 0.25) is 0 Å². The van der Waals surface area contributed by atoms with Gasteiger partial charge in [0.15, 0.2) is 11.2 Å². The lowest BCUT2D eigenvalue weighted by Crippen LogP contribution is -2.27. The van der Waals surface area contributed by atoms with Gasteiger partial charge in [0, 0.05) is 25.1 Å². The first-order valence-corrected chi connectivity index (χ1v) is 20.6. The molecule has 0 aliphatic carbocycles. The Labute approximate surface area is 297 Å². The van der Waals surface area contributed by atoms with E-state index >= 15 is 0 Å². The van der Waals surface area contributed by atoms with Gasteiger partial charge in [0.2, 0.25) is 5.95 Å². The van der Waals surface area contributed by atoms with Gasteiger partial charge < -0.3 is 28.7 Å². The molecule has 50 heavy (non-hydrogen) atoms. The largest absolute Gasteiger partial charge is 0.380 e. The minimum atomic E-state index is -4.27. The van der Waals surface area contributed by atoms with E-state index < -0.39 is 13.9 Å². The van der Waals surface area contributed by atoms with Gasteiger partial charge in [0.1, 0.15) is 6.35 Å². The first-order valence-electron chi connectivity index (χ1n) is 18.8. The van der Waals surface area contributed by atoms with Crippen molar-refractivity contribution >= 4 is 41.2 Å². The van der Waals surface area contributed by atoms with E-state index in [9.17, 15) is 9.36 Å². The second-order valence-corrected chi connectivity index (χ2v) is 14.9. The zero-order valence-corrected chi connectivity index (χ0v) is 30.8. The highest BCUT2D eigenvalue weighted by Gasteiger charge is 2.19. The van der Waals surface area contributed by atoms with Crippen LogP contribution in [0.1, 0.15) is 110 Å². The van der Waals surface area contributed by atoms with Gasteiger partial charge in [-0.05, 0) is 17.9 Å². The molecule has 0 aliphatic rings. The topological polar surface area (TPSA) is 143 Å². The smallest absolute Gasteiger partial charge is 0.350 e. The molecule has 0 fully saturated rings. The number of aromatic amines is 1. The van der Waals surface area contributed by atoms with Gasteiger partial charge in [-0.2, -0.15) is 4.98 Å². The second-order valence-electron chi connectivity index (χ2n) is 13.3. The summed E-state index contributed by atoms with van der Waals surface area (Å²) < 4.78 is 24.0. The summed E-state index contributed by atoms with van der Waals surface area (Å²) in [6.07, 6.45) is 22.1. The predicted octanol–water partition coefficient (Wildman–Crippen LogP) is 8.84. The van der Waals surface area contributed by atoms with Crippen molar-refractivity contribution in [3.63, 3.8) is 0 Å². The molecule has 4 rings (SSSR count). The SMILES string of the molecule is CCCCCCCCCCCCCCCCCCOCCN(c1nc2c(ncn2CCOCP(=O)(O)O)c(=O)[nH]1)c1cccc2ccccc12. The Morgan fingerprint density at radius 2 is 1.40 bits per heavy atom. The van der Waals surface area contributed by atoms with Gasteiger partial charge in [-0.1, -0.05) is 140 Å². The van der Waals surface area contributed by atoms with Crippen LogP contribution in [0.25, 0.3) is 21.9 Å². The quantitative estimate of drug-likeness (QED) is 0.0408. The minimum Gasteiger partial charge on any atom is -0.380 e. The van der Waals surface area contributed by atoms with Crippen LogP contribution in [-0.4, -0.2) is 62.0 Å². The number of imidazole rings is 1. The van der Waals surface area contributed by atoms with Crippen LogP contribution >= 0.6 is 7.60 Å². The third kappa shape index (κ3) is 13.6. The second kappa shape index (κ2) is 22.0. The third-order valence-corrected chi connectivity index (χ3v) is 9.63. The first-order chi connectivity index (χ1) is 24.4. The number of nitrogens with zero attached hydrogens (tertiary/aromatic N) is 4. The van der Waals surface area contributed by atoms with Crippen molar-refractivity contribution in [3.8, 4) is 0 Å². The molecule has 276 valence electrons. The van der Waals surface area contributed by atoms with E-state index in [-0.39, 0.29) is 24.2 Å². The molecular formula is C38H58N5O6P. The molecule has 4 aromatic rings. The van der Waals surface area contributed by atoms with Crippen molar-refractivity contribution in [1.29, 1.82) is 0 Å². The average Bonchev–Trinajstić information content (AvgIpc) is 3.52. The zero-order chi connectivity index (χ0) is 35.4. The summed E-state index contributed by atoms with van der Waals surface area (Å²) in [6.45, 7) is 4.15. The number of benzene rings is 2. The molecule has 11 nitrogen and oxygen atoms in total. The zero-order valence-electron chi connectivity index (χ0n) is 29.9. The Morgan fingerprint density at radius 1 is 0.780 bits per heavy atom. The van der Waals surface area contributed by atoms with E-state index in [4.69, 9.17) is 24.2 Å². The van der Waals surface area contributed by atoms with Crippen LogP contribution in [0.3, 0.4) is 0 Å². The highest BCUT2D eigenvalue weighted by Crippen LogP contribution is 2.34. The Bertz CT molecular complexity index is 1650. The Morgan fingerprint density at radius 3 is 2.06 bits per heavy atom. The summed E-state index contributed by atoms with van der Waals surface area (Å²) >= 11 is 0. The van der Waals surface area contributed by atoms with E-state index in [2.05, 4.69) is 29.0 Å². The van der Waals surface area contributed by atoms with Crippen LogP contribution < -0.4 is 10.5 Å². The number of nitrogens with one attached hydrogen (secondary N) is 1. The summed E-state index contributed by atoms with van der Waals surface area (Å²) in [6, 6.07) is 14.1. The highest BCUT2D eigenvalue weighted by molar-refractivity contribution is 7.51. The van der Waals surface area contributed by atoms with Gasteiger partial charge in [-0.25, -0.2) is 4.98 Å². The molecule has 0 unspecified atom stereocenters. The van der Waals surface area contributed by atoms with Crippen molar-refractivity contribution in [2.24, 2.45) is 0 Å². The molecule has 0 spiro atoms. The molecular weight excluding hydrogens is 653 g/mol. The molecule has 0 atom stereocenters. The molecule has 0 saturated carbocycles. The number of rotatable bonds is 27. The molecule has 0 saturated heterocycles. The van der Waals surface area contributed by atoms with Crippen LogP contribution in [-0.2, 0) is 20.6 Å².